The van der Waals surface area contributed by atoms with Crippen molar-refractivity contribution in [3.63, 3.8) is 0 Å². The maximum Gasteiger partial charge on any atom is 0.255 e. The van der Waals surface area contributed by atoms with E-state index in [4.69, 9.17) is 0 Å². The van der Waals surface area contributed by atoms with Crippen LogP contribution in [-0.2, 0) is 6.42 Å². The molecule has 2 aromatic carbocycles. The largest absolute Gasteiger partial charge is 0.352 e. The first-order chi connectivity index (χ1) is 12.1. The van der Waals surface area contributed by atoms with Crippen molar-refractivity contribution in [1.29, 1.82) is 0 Å². The molecule has 0 spiro atoms. The molecule has 0 atom stereocenters. The first-order valence-electron chi connectivity index (χ1n) is 7.94. The van der Waals surface area contributed by atoms with Crippen molar-refractivity contribution < 1.29 is 9.18 Å². The summed E-state index contributed by atoms with van der Waals surface area (Å²) in [6, 6.07) is 16.9. The van der Waals surface area contributed by atoms with Gasteiger partial charge in [-0.1, -0.05) is 42.5 Å². The predicted octanol–water partition coefficient (Wildman–Crippen LogP) is 3.15. The summed E-state index contributed by atoms with van der Waals surface area (Å²) in [4.78, 5) is 26.9. The van der Waals surface area contributed by atoms with Gasteiger partial charge >= 0.3 is 0 Å². The van der Waals surface area contributed by atoms with Gasteiger partial charge in [0.25, 0.3) is 11.5 Å². The summed E-state index contributed by atoms with van der Waals surface area (Å²) in [7, 11) is 0. The SMILES string of the molecule is O=C(NCCc1ccc(F)cc1)c1c[nH]c(=O)c(-c2ccccc2)c1. The lowest BCUT2D eigenvalue weighted by atomic mass is 10.1. The molecule has 3 aromatic rings. The second-order valence-corrected chi connectivity index (χ2v) is 5.63. The van der Waals surface area contributed by atoms with Crippen molar-refractivity contribution in [2.45, 2.75) is 6.42 Å². The smallest absolute Gasteiger partial charge is 0.255 e. The van der Waals surface area contributed by atoms with Gasteiger partial charge < -0.3 is 10.3 Å². The number of hydrogen-bond acceptors (Lipinski definition) is 2. The van der Waals surface area contributed by atoms with Crippen LogP contribution in [0.5, 0.6) is 0 Å². The fourth-order valence-electron chi connectivity index (χ4n) is 2.52. The molecular weight excluding hydrogens is 319 g/mol. The highest BCUT2D eigenvalue weighted by Crippen LogP contribution is 2.15. The quantitative estimate of drug-likeness (QED) is 0.752. The number of aromatic amines is 1. The Hall–Kier alpha value is -3.21. The summed E-state index contributed by atoms with van der Waals surface area (Å²) in [6.07, 6.45) is 2.00. The Morgan fingerprint density at radius 1 is 1.04 bits per heavy atom. The van der Waals surface area contributed by atoms with Gasteiger partial charge in [0.15, 0.2) is 0 Å². The van der Waals surface area contributed by atoms with Gasteiger partial charge in [0, 0.05) is 18.3 Å². The summed E-state index contributed by atoms with van der Waals surface area (Å²) >= 11 is 0. The Morgan fingerprint density at radius 2 is 1.76 bits per heavy atom. The summed E-state index contributed by atoms with van der Waals surface area (Å²) in [5.41, 5.74) is 2.29. The van der Waals surface area contributed by atoms with Gasteiger partial charge in [-0.2, -0.15) is 0 Å². The molecule has 126 valence electrons. The van der Waals surface area contributed by atoms with Gasteiger partial charge in [0.2, 0.25) is 0 Å². The molecular formula is C20H17FN2O2. The van der Waals surface area contributed by atoms with Crippen molar-refractivity contribution in [3.05, 3.63) is 94.2 Å². The molecule has 4 nitrogen and oxygen atoms in total. The van der Waals surface area contributed by atoms with Crippen LogP contribution < -0.4 is 10.9 Å². The third-order valence-electron chi connectivity index (χ3n) is 3.86. The number of halogens is 1. The molecule has 3 rings (SSSR count). The highest BCUT2D eigenvalue weighted by molar-refractivity contribution is 5.95. The van der Waals surface area contributed by atoms with Gasteiger partial charge in [-0.05, 0) is 35.7 Å². The maximum atomic E-state index is 12.9. The van der Waals surface area contributed by atoms with E-state index in [0.717, 1.165) is 11.1 Å². The standard InChI is InChI=1S/C20H17FN2O2/c21-17-8-6-14(7-9-17)10-11-22-19(24)16-12-18(20(25)23-13-16)15-4-2-1-3-5-15/h1-9,12-13H,10-11H2,(H,22,24)(H,23,25). The molecule has 2 N–H and O–H groups in total. The van der Waals surface area contributed by atoms with E-state index in [2.05, 4.69) is 10.3 Å². The van der Waals surface area contributed by atoms with E-state index >= 15 is 0 Å². The fraction of sp³-hybridized carbons (Fsp3) is 0.100. The Kier molecular flexibility index (Phi) is 5.04. The number of H-pyrrole nitrogens is 1. The van der Waals surface area contributed by atoms with Gasteiger partial charge in [-0.15, -0.1) is 0 Å². The molecule has 0 unspecified atom stereocenters. The minimum atomic E-state index is -0.283. The number of carbonyl (C=O) groups excluding carboxylic acids is 1. The highest BCUT2D eigenvalue weighted by atomic mass is 19.1. The third-order valence-corrected chi connectivity index (χ3v) is 3.86. The molecule has 0 radical (unpaired) electrons. The first kappa shape index (κ1) is 16.6. The second kappa shape index (κ2) is 7.57. The second-order valence-electron chi connectivity index (χ2n) is 5.63. The molecule has 1 amide bonds. The summed E-state index contributed by atoms with van der Waals surface area (Å²) in [5, 5.41) is 2.81. The zero-order valence-electron chi connectivity index (χ0n) is 13.5. The lowest BCUT2D eigenvalue weighted by Crippen LogP contribution is -2.26. The van der Waals surface area contributed by atoms with E-state index < -0.39 is 0 Å². The molecule has 1 heterocycles. The molecule has 1 aromatic heterocycles. The lowest BCUT2D eigenvalue weighted by Gasteiger charge is -2.07. The third kappa shape index (κ3) is 4.20. The zero-order chi connectivity index (χ0) is 17.6. The average Bonchev–Trinajstić information content (AvgIpc) is 2.64. The highest BCUT2D eigenvalue weighted by Gasteiger charge is 2.10. The van der Waals surface area contributed by atoms with Gasteiger partial charge in [-0.3, -0.25) is 9.59 Å². The normalized spacial score (nSPS) is 10.4. The van der Waals surface area contributed by atoms with E-state index in [1.807, 2.05) is 30.3 Å². The predicted molar refractivity (Wildman–Crippen MR) is 94.9 cm³/mol. The molecule has 0 aliphatic rings. The minimum absolute atomic E-state index is 0.242. The molecule has 0 saturated carbocycles. The van der Waals surface area contributed by atoms with Crippen LogP contribution in [0.15, 0.2) is 71.7 Å². The van der Waals surface area contributed by atoms with Crippen LogP contribution in [-0.4, -0.2) is 17.4 Å². The van der Waals surface area contributed by atoms with E-state index in [0.29, 0.717) is 24.1 Å². The van der Waals surface area contributed by atoms with E-state index in [9.17, 15) is 14.0 Å². The van der Waals surface area contributed by atoms with Crippen molar-refractivity contribution in [2.24, 2.45) is 0 Å². The molecule has 0 aliphatic carbocycles. The van der Waals surface area contributed by atoms with Crippen LogP contribution >= 0.6 is 0 Å². The molecule has 5 heteroatoms. The van der Waals surface area contributed by atoms with Gasteiger partial charge in [0.1, 0.15) is 5.82 Å². The Morgan fingerprint density at radius 3 is 2.48 bits per heavy atom. The van der Waals surface area contributed by atoms with Gasteiger partial charge in [-0.25, -0.2) is 4.39 Å². The number of amides is 1. The topological polar surface area (TPSA) is 62.0 Å². The molecule has 0 fully saturated rings. The van der Waals surface area contributed by atoms with E-state index in [-0.39, 0.29) is 17.3 Å². The fourth-order valence-corrected chi connectivity index (χ4v) is 2.52. The van der Waals surface area contributed by atoms with Crippen molar-refractivity contribution >= 4 is 5.91 Å². The van der Waals surface area contributed by atoms with Gasteiger partial charge in [0.05, 0.1) is 5.56 Å². The lowest BCUT2D eigenvalue weighted by molar-refractivity contribution is 0.0954. The summed E-state index contributed by atoms with van der Waals surface area (Å²) in [5.74, 6) is -0.551. The first-order valence-corrected chi connectivity index (χ1v) is 7.94. The average molecular weight is 336 g/mol. The summed E-state index contributed by atoms with van der Waals surface area (Å²) in [6.45, 7) is 0.421. The monoisotopic (exact) mass is 336 g/mol. The Bertz CT molecular complexity index is 918. The number of aromatic nitrogens is 1. The van der Waals surface area contributed by atoms with Crippen LogP contribution in [0.4, 0.5) is 4.39 Å². The van der Waals surface area contributed by atoms with Crippen LogP contribution in [0.3, 0.4) is 0 Å². The van der Waals surface area contributed by atoms with Crippen LogP contribution in [0, 0.1) is 5.82 Å². The van der Waals surface area contributed by atoms with Crippen LogP contribution in [0.25, 0.3) is 11.1 Å². The van der Waals surface area contributed by atoms with Crippen LogP contribution in [0.1, 0.15) is 15.9 Å². The number of hydrogen-bond donors (Lipinski definition) is 2. The summed E-state index contributed by atoms with van der Waals surface area (Å²) < 4.78 is 12.9. The van der Waals surface area contributed by atoms with Crippen LogP contribution in [0.2, 0.25) is 0 Å². The number of nitrogens with one attached hydrogen (secondary N) is 2. The molecule has 0 saturated heterocycles. The Labute approximate surface area is 144 Å². The van der Waals surface area contributed by atoms with Crippen molar-refractivity contribution in [2.75, 3.05) is 6.54 Å². The zero-order valence-corrected chi connectivity index (χ0v) is 13.5. The molecule has 0 bridgehead atoms. The number of rotatable bonds is 5. The number of pyridine rings is 1. The maximum absolute atomic E-state index is 12.9. The van der Waals surface area contributed by atoms with Crippen molar-refractivity contribution in [1.82, 2.24) is 10.3 Å². The molecule has 25 heavy (non-hydrogen) atoms. The Balaban J connectivity index is 1.68. The van der Waals surface area contributed by atoms with E-state index in [1.54, 1.807) is 18.2 Å². The van der Waals surface area contributed by atoms with Crippen molar-refractivity contribution in [3.8, 4) is 11.1 Å². The van der Waals surface area contributed by atoms with E-state index in [1.165, 1.54) is 18.3 Å². The molecule has 0 aliphatic heterocycles. The number of benzene rings is 2. The minimum Gasteiger partial charge on any atom is -0.352 e. The number of carbonyl (C=O) groups is 1.